The van der Waals surface area contributed by atoms with Gasteiger partial charge in [0.15, 0.2) is 6.29 Å². The summed E-state index contributed by atoms with van der Waals surface area (Å²) in [6.07, 6.45) is 3.44. The maximum absolute atomic E-state index is 11.2. The van der Waals surface area contributed by atoms with Gasteiger partial charge in [0, 0.05) is 20.6 Å². The molecule has 0 bridgehead atoms. The molecule has 0 aliphatic heterocycles. The molecule has 0 saturated heterocycles. The standard InChI is InChI=1S/C27H31NO3/c1-30-27(31-2)26(23-16-10-5-11-17-23)28-24(19-18-21-12-6-3-7-13-21)25(29)20-22-14-8-4-9-15-22/h3-19,24-29H,20H2,1-2H3/b19-18+/t24-,25+,26-/m1/s1. The molecule has 3 atom stereocenters. The fourth-order valence-corrected chi connectivity index (χ4v) is 3.62. The molecule has 0 aliphatic carbocycles. The van der Waals surface area contributed by atoms with Crippen LogP contribution in [0.15, 0.2) is 97.1 Å². The molecular formula is C27H31NO3. The molecule has 4 nitrogen and oxygen atoms in total. The van der Waals surface area contributed by atoms with Crippen LogP contribution in [0.2, 0.25) is 0 Å². The van der Waals surface area contributed by atoms with E-state index in [2.05, 4.69) is 5.32 Å². The molecule has 3 aromatic rings. The van der Waals surface area contributed by atoms with Gasteiger partial charge in [0.05, 0.1) is 18.2 Å². The second-order valence-corrected chi connectivity index (χ2v) is 7.45. The van der Waals surface area contributed by atoms with Crippen molar-refractivity contribution in [3.8, 4) is 0 Å². The summed E-state index contributed by atoms with van der Waals surface area (Å²) >= 11 is 0. The van der Waals surface area contributed by atoms with Gasteiger partial charge in [-0.1, -0.05) is 103 Å². The third kappa shape index (κ3) is 6.88. The highest BCUT2D eigenvalue weighted by molar-refractivity contribution is 5.49. The molecule has 0 aliphatic rings. The summed E-state index contributed by atoms with van der Waals surface area (Å²) in [7, 11) is 3.25. The molecule has 3 aromatic carbocycles. The van der Waals surface area contributed by atoms with Gasteiger partial charge in [0.25, 0.3) is 0 Å². The summed E-state index contributed by atoms with van der Waals surface area (Å²) in [4.78, 5) is 0. The van der Waals surface area contributed by atoms with Crippen LogP contribution in [-0.4, -0.2) is 37.8 Å². The Bertz CT molecular complexity index is 896. The largest absolute Gasteiger partial charge is 0.391 e. The van der Waals surface area contributed by atoms with E-state index in [1.165, 1.54) is 0 Å². The second-order valence-electron chi connectivity index (χ2n) is 7.45. The lowest BCUT2D eigenvalue weighted by molar-refractivity contribution is -0.126. The molecule has 31 heavy (non-hydrogen) atoms. The normalized spacial score (nSPS) is 14.6. The zero-order valence-electron chi connectivity index (χ0n) is 18.1. The van der Waals surface area contributed by atoms with Crippen LogP contribution in [0, 0.1) is 0 Å². The zero-order valence-corrected chi connectivity index (χ0v) is 18.1. The number of methoxy groups -OCH3 is 2. The number of aliphatic hydroxyl groups excluding tert-OH is 1. The Morgan fingerprint density at radius 3 is 1.94 bits per heavy atom. The molecule has 0 radical (unpaired) electrons. The molecule has 3 rings (SSSR count). The van der Waals surface area contributed by atoms with Crippen LogP contribution in [-0.2, 0) is 15.9 Å². The molecule has 0 amide bonds. The Kier molecular flexibility index (Phi) is 9.00. The van der Waals surface area contributed by atoms with Crippen LogP contribution < -0.4 is 5.32 Å². The maximum atomic E-state index is 11.2. The Hall–Kier alpha value is -2.76. The van der Waals surface area contributed by atoms with Crippen LogP contribution in [0.25, 0.3) is 6.08 Å². The summed E-state index contributed by atoms with van der Waals surface area (Å²) < 4.78 is 11.2. The lowest BCUT2D eigenvalue weighted by Crippen LogP contribution is -2.46. The first-order chi connectivity index (χ1) is 15.2. The van der Waals surface area contributed by atoms with Gasteiger partial charge in [0.1, 0.15) is 0 Å². The van der Waals surface area contributed by atoms with Gasteiger partial charge < -0.3 is 14.6 Å². The smallest absolute Gasteiger partial charge is 0.176 e. The van der Waals surface area contributed by atoms with Crippen LogP contribution >= 0.6 is 0 Å². The fourth-order valence-electron chi connectivity index (χ4n) is 3.62. The zero-order chi connectivity index (χ0) is 21.9. The van der Waals surface area contributed by atoms with E-state index in [1.807, 2.05) is 103 Å². The van der Waals surface area contributed by atoms with Crippen molar-refractivity contribution in [1.82, 2.24) is 5.32 Å². The number of rotatable bonds is 11. The first-order valence-corrected chi connectivity index (χ1v) is 10.5. The minimum atomic E-state index is -0.636. The molecule has 0 heterocycles. The average Bonchev–Trinajstić information content (AvgIpc) is 2.83. The Morgan fingerprint density at radius 1 is 0.806 bits per heavy atom. The highest BCUT2D eigenvalue weighted by Crippen LogP contribution is 2.22. The van der Waals surface area contributed by atoms with E-state index in [4.69, 9.17) is 9.47 Å². The third-order valence-corrected chi connectivity index (χ3v) is 5.27. The van der Waals surface area contributed by atoms with Crippen LogP contribution in [0.4, 0.5) is 0 Å². The molecule has 4 heteroatoms. The summed E-state index contributed by atoms with van der Waals surface area (Å²) in [5.74, 6) is 0. The van der Waals surface area contributed by atoms with E-state index in [-0.39, 0.29) is 12.1 Å². The Balaban J connectivity index is 1.88. The van der Waals surface area contributed by atoms with Crippen molar-refractivity contribution in [2.45, 2.75) is 30.9 Å². The summed E-state index contributed by atoms with van der Waals surface area (Å²) in [5, 5.41) is 14.7. The predicted molar refractivity (Wildman–Crippen MR) is 126 cm³/mol. The van der Waals surface area contributed by atoms with Crippen molar-refractivity contribution < 1.29 is 14.6 Å². The molecular weight excluding hydrogens is 386 g/mol. The van der Waals surface area contributed by atoms with Crippen molar-refractivity contribution in [3.63, 3.8) is 0 Å². The van der Waals surface area contributed by atoms with Gasteiger partial charge in [-0.15, -0.1) is 0 Å². The number of nitrogens with one attached hydrogen (secondary N) is 1. The summed E-state index contributed by atoms with van der Waals surface area (Å²) in [6.45, 7) is 0. The highest BCUT2D eigenvalue weighted by Gasteiger charge is 2.28. The molecule has 0 saturated carbocycles. The van der Waals surface area contributed by atoms with E-state index < -0.39 is 12.4 Å². The number of benzene rings is 3. The van der Waals surface area contributed by atoms with Gasteiger partial charge >= 0.3 is 0 Å². The summed E-state index contributed by atoms with van der Waals surface area (Å²) in [5.41, 5.74) is 3.19. The average molecular weight is 418 g/mol. The molecule has 2 N–H and O–H groups in total. The van der Waals surface area contributed by atoms with E-state index in [0.717, 1.165) is 16.7 Å². The number of hydrogen-bond acceptors (Lipinski definition) is 4. The highest BCUT2D eigenvalue weighted by atomic mass is 16.7. The lowest BCUT2D eigenvalue weighted by Gasteiger charge is -2.31. The lowest BCUT2D eigenvalue weighted by atomic mass is 9.98. The van der Waals surface area contributed by atoms with Gasteiger partial charge in [-0.05, 0) is 16.7 Å². The van der Waals surface area contributed by atoms with E-state index in [0.29, 0.717) is 6.42 Å². The van der Waals surface area contributed by atoms with Crippen molar-refractivity contribution in [3.05, 3.63) is 114 Å². The van der Waals surface area contributed by atoms with Crippen LogP contribution in [0.5, 0.6) is 0 Å². The van der Waals surface area contributed by atoms with E-state index in [1.54, 1.807) is 14.2 Å². The molecule has 162 valence electrons. The van der Waals surface area contributed by atoms with E-state index in [9.17, 15) is 5.11 Å². The maximum Gasteiger partial charge on any atom is 0.176 e. The molecule has 0 fully saturated rings. The number of hydrogen-bond donors (Lipinski definition) is 2. The van der Waals surface area contributed by atoms with Crippen molar-refractivity contribution in [1.29, 1.82) is 0 Å². The second kappa shape index (κ2) is 12.2. The first-order valence-electron chi connectivity index (χ1n) is 10.5. The van der Waals surface area contributed by atoms with Gasteiger partial charge in [-0.2, -0.15) is 0 Å². The van der Waals surface area contributed by atoms with E-state index >= 15 is 0 Å². The minimum Gasteiger partial charge on any atom is -0.391 e. The van der Waals surface area contributed by atoms with Crippen molar-refractivity contribution in [2.24, 2.45) is 0 Å². The summed E-state index contributed by atoms with van der Waals surface area (Å²) in [6, 6.07) is 29.5. The van der Waals surface area contributed by atoms with Crippen LogP contribution in [0.1, 0.15) is 22.7 Å². The number of ether oxygens (including phenoxy) is 2. The molecule has 0 unspecified atom stereocenters. The van der Waals surface area contributed by atoms with Crippen molar-refractivity contribution in [2.75, 3.05) is 14.2 Å². The predicted octanol–water partition coefficient (Wildman–Crippen LogP) is 4.62. The van der Waals surface area contributed by atoms with Crippen LogP contribution in [0.3, 0.4) is 0 Å². The topological polar surface area (TPSA) is 50.7 Å². The fraction of sp³-hybridized carbons (Fsp3) is 0.259. The number of aliphatic hydroxyl groups is 1. The van der Waals surface area contributed by atoms with Gasteiger partial charge in [-0.3, -0.25) is 5.32 Å². The molecule has 0 aromatic heterocycles. The Labute approximate surface area is 185 Å². The minimum absolute atomic E-state index is 0.257. The molecule has 0 spiro atoms. The quantitative estimate of drug-likeness (QED) is 0.447. The first kappa shape index (κ1) is 22.9. The van der Waals surface area contributed by atoms with Gasteiger partial charge in [0.2, 0.25) is 0 Å². The third-order valence-electron chi connectivity index (χ3n) is 5.27. The van der Waals surface area contributed by atoms with Gasteiger partial charge in [-0.25, -0.2) is 0 Å². The van der Waals surface area contributed by atoms with Crippen molar-refractivity contribution >= 4 is 6.08 Å². The SMILES string of the molecule is COC(OC)[C@H](N[C@H](/C=C/c1ccccc1)[C@@H](O)Cc1ccccc1)c1ccccc1. The monoisotopic (exact) mass is 417 g/mol. The Morgan fingerprint density at radius 2 is 1.35 bits per heavy atom.